The number of hydrogen-bond donors (Lipinski definition) is 0. The predicted octanol–water partition coefficient (Wildman–Crippen LogP) is 14.7. The molecule has 3 aromatic heterocycles. The van der Waals surface area contributed by atoms with E-state index in [9.17, 15) is 1.37 Å². The molecule has 0 saturated carbocycles. The van der Waals surface area contributed by atoms with Crippen LogP contribution in [-0.2, 0) is 0 Å². The highest BCUT2D eigenvalue weighted by molar-refractivity contribution is 6.14. The zero-order valence-corrected chi connectivity index (χ0v) is 30.4. The van der Waals surface area contributed by atoms with Gasteiger partial charge in [-0.3, -0.25) is 4.98 Å². The zero-order chi connectivity index (χ0) is 43.8. The summed E-state index contributed by atoms with van der Waals surface area (Å²) in [5.74, 6) is 1.54. The van der Waals surface area contributed by atoms with Crippen molar-refractivity contribution in [1.82, 2.24) is 9.97 Å². The largest absolute Gasteiger partial charge is 0.455 e. The molecule has 0 aliphatic carbocycles. The maximum atomic E-state index is 9.19. The minimum Gasteiger partial charge on any atom is -0.455 e. The fraction of sp³-hybridized carbons (Fsp3) is 0. The van der Waals surface area contributed by atoms with E-state index in [0.29, 0.717) is 5.56 Å². The van der Waals surface area contributed by atoms with E-state index in [1.807, 2.05) is 78.9 Å². The summed E-state index contributed by atoms with van der Waals surface area (Å²) >= 11 is 0. The number of benzene rings is 8. The van der Waals surface area contributed by atoms with Crippen LogP contribution in [0.15, 0.2) is 211 Å². The second-order valence-electron chi connectivity index (χ2n) is 13.9. The van der Waals surface area contributed by atoms with Crippen LogP contribution in [-0.4, -0.2) is 9.97 Å². The lowest BCUT2D eigenvalue weighted by Gasteiger charge is -2.16. The lowest BCUT2D eigenvalue weighted by molar-refractivity contribution is 0.599. The number of pyridine rings is 2. The van der Waals surface area contributed by atoms with Crippen molar-refractivity contribution in [1.29, 1.82) is 0 Å². The quantitative estimate of drug-likeness (QED) is 0.160. The average molecular weight is 734 g/mol. The van der Waals surface area contributed by atoms with Gasteiger partial charge in [0.05, 0.1) is 26.3 Å². The van der Waals surface area contributed by atoms with Gasteiger partial charge in [0.2, 0.25) is 0 Å². The van der Waals surface area contributed by atoms with Gasteiger partial charge in [0.1, 0.15) is 11.5 Å². The van der Waals surface area contributed by atoms with E-state index in [0.717, 1.165) is 77.6 Å². The van der Waals surface area contributed by atoms with E-state index in [-0.39, 0.29) is 51.7 Å². The Hall–Kier alpha value is -7.62. The Bertz CT molecular complexity index is 3690. The third-order valence-corrected chi connectivity index (χ3v) is 10.7. The van der Waals surface area contributed by atoms with Crippen LogP contribution in [0.4, 0.5) is 0 Å². The first-order valence-corrected chi connectivity index (χ1v) is 18.8. The summed E-state index contributed by atoms with van der Waals surface area (Å²) in [7, 11) is 0. The smallest absolute Gasteiger partial charge is 0.143 e. The molecule has 0 aliphatic rings. The molecule has 0 N–H and O–H groups in total. The highest BCUT2D eigenvalue weighted by Crippen LogP contribution is 2.50. The van der Waals surface area contributed by atoms with Crippen molar-refractivity contribution in [3.05, 3.63) is 206 Å². The van der Waals surface area contributed by atoms with Gasteiger partial charge in [-0.05, 0) is 61.9 Å². The van der Waals surface area contributed by atoms with Crippen LogP contribution in [0.1, 0.15) is 9.60 Å². The summed E-state index contributed by atoms with van der Waals surface area (Å²) in [5.41, 5.74) is 8.71. The number of fused-ring (bicyclic) bond motifs is 5. The molecule has 0 amide bonds. The summed E-state index contributed by atoms with van der Waals surface area (Å²) in [6.07, 6.45) is -0.467. The highest BCUT2D eigenvalue weighted by atomic mass is 16.3. The molecule has 0 aliphatic heterocycles. The Morgan fingerprint density at radius 3 is 1.46 bits per heavy atom. The molecular weight excluding hydrogens is 693 g/mol. The molecule has 0 spiro atoms. The third kappa shape index (κ3) is 5.51. The minimum absolute atomic E-state index is 0.0111. The van der Waals surface area contributed by atoms with Gasteiger partial charge in [-0.25, -0.2) is 4.98 Å². The van der Waals surface area contributed by atoms with Crippen molar-refractivity contribution in [2.75, 3.05) is 0 Å². The van der Waals surface area contributed by atoms with Gasteiger partial charge in [0, 0.05) is 44.8 Å². The van der Waals surface area contributed by atoms with Gasteiger partial charge >= 0.3 is 0 Å². The fourth-order valence-electron chi connectivity index (χ4n) is 8.09. The highest BCUT2D eigenvalue weighted by Gasteiger charge is 2.26. The van der Waals surface area contributed by atoms with E-state index >= 15 is 0 Å². The van der Waals surface area contributed by atoms with E-state index in [1.54, 1.807) is 0 Å². The second kappa shape index (κ2) is 13.6. The van der Waals surface area contributed by atoms with Gasteiger partial charge in [0.25, 0.3) is 0 Å². The molecule has 3 heterocycles. The molecule has 3 heteroatoms. The van der Waals surface area contributed by atoms with Crippen molar-refractivity contribution in [3.63, 3.8) is 0 Å². The standard InChI is InChI=1S/C54H34N2O/c1-4-15-35(16-5-1)49-50(36-17-6-2-7-18-36)54(57-53(49)39-19-8-3-9-20-39)47-32-30-45(41-23-11-13-25-43(41)47)44-29-31-46(42-24-12-10-22-40(42)44)48-33-28-38-27-26-37-21-14-34-55-51(37)52(38)56-48/h1-34H/i14D,21D,26D,27D,28D,33D,34D. The Morgan fingerprint density at radius 2 is 0.842 bits per heavy atom. The molecule has 0 fully saturated rings. The molecule has 11 aromatic rings. The molecule has 0 bridgehead atoms. The Morgan fingerprint density at radius 1 is 0.386 bits per heavy atom. The summed E-state index contributed by atoms with van der Waals surface area (Å²) in [6.45, 7) is 0. The number of aromatic nitrogens is 2. The fourth-order valence-corrected chi connectivity index (χ4v) is 8.09. The van der Waals surface area contributed by atoms with Crippen LogP contribution in [0.2, 0.25) is 0 Å². The minimum atomic E-state index is -0.467. The van der Waals surface area contributed by atoms with Gasteiger partial charge in [-0.1, -0.05) is 182 Å². The third-order valence-electron chi connectivity index (χ3n) is 10.7. The first-order chi connectivity index (χ1) is 31.2. The van der Waals surface area contributed by atoms with E-state index in [1.165, 1.54) is 0 Å². The first-order valence-electron chi connectivity index (χ1n) is 22.3. The molecule has 57 heavy (non-hydrogen) atoms. The molecule has 0 atom stereocenters. The topological polar surface area (TPSA) is 38.9 Å². The van der Waals surface area contributed by atoms with Crippen LogP contribution in [0.3, 0.4) is 0 Å². The zero-order valence-electron chi connectivity index (χ0n) is 37.4. The number of furan rings is 1. The Labute approximate surface area is 340 Å². The molecular formula is C54H34N2O. The van der Waals surface area contributed by atoms with Gasteiger partial charge in [-0.2, -0.15) is 0 Å². The van der Waals surface area contributed by atoms with E-state index in [4.69, 9.17) is 17.6 Å². The molecule has 3 nitrogen and oxygen atoms in total. The normalized spacial score (nSPS) is 13.2. The molecule has 0 saturated heterocycles. The van der Waals surface area contributed by atoms with Crippen molar-refractivity contribution in [2.24, 2.45) is 0 Å². The van der Waals surface area contributed by atoms with E-state index in [2.05, 4.69) is 89.9 Å². The van der Waals surface area contributed by atoms with Crippen molar-refractivity contribution >= 4 is 43.4 Å². The van der Waals surface area contributed by atoms with Crippen LogP contribution in [0.25, 0.3) is 111 Å². The number of rotatable bonds is 6. The average Bonchev–Trinajstić information content (AvgIpc) is 3.74. The lowest BCUT2D eigenvalue weighted by Crippen LogP contribution is -1.92. The summed E-state index contributed by atoms with van der Waals surface area (Å²) < 4.78 is 67.9. The summed E-state index contributed by atoms with van der Waals surface area (Å²) in [4.78, 5) is 9.12. The van der Waals surface area contributed by atoms with Gasteiger partial charge in [-0.15, -0.1) is 0 Å². The molecule has 266 valence electrons. The van der Waals surface area contributed by atoms with Crippen LogP contribution >= 0.6 is 0 Å². The number of nitrogens with zero attached hydrogens (tertiary/aromatic N) is 2. The molecule has 0 unspecified atom stereocenters. The molecule has 11 rings (SSSR count). The van der Waals surface area contributed by atoms with Crippen molar-refractivity contribution < 1.29 is 14.0 Å². The second-order valence-corrected chi connectivity index (χ2v) is 13.9. The van der Waals surface area contributed by atoms with Crippen LogP contribution < -0.4 is 0 Å². The summed E-state index contributed by atoms with van der Waals surface area (Å²) in [5, 5.41) is 3.54. The van der Waals surface area contributed by atoms with Gasteiger partial charge < -0.3 is 4.42 Å². The van der Waals surface area contributed by atoms with Crippen LogP contribution in [0, 0.1) is 0 Å². The first kappa shape index (κ1) is 26.2. The Balaban J connectivity index is 1.14. The maximum absolute atomic E-state index is 9.19. The monoisotopic (exact) mass is 733 g/mol. The van der Waals surface area contributed by atoms with Crippen LogP contribution in [0.5, 0.6) is 0 Å². The molecule has 8 aromatic carbocycles. The molecule has 0 radical (unpaired) electrons. The van der Waals surface area contributed by atoms with Crippen molar-refractivity contribution in [2.45, 2.75) is 0 Å². The SMILES string of the molecule is [2H]c1nc2c(c([2H])c1[2H])c([2H])c([2H])c1c([2H])c([2H])c(-c3ccc(-c4ccc(-c5oc(-c6ccccc6)c(-c6ccccc6)c5-c5ccccc5)c5ccccc45)c4ccccc34)nc12. The van der Waals surface area contributed by atoms with Crippen molar-refractivity contribution in [3.8, 4) is 67.3 Å². The van der Waals surface area contributed by atoms with E-state index < -0.39 is 18.3 Å². The Kier molecular flexibility index (Phi) is 6.26. The predicted molar refractivity (Wildman–Crippen MR) is 237 cm³/mol. The maximum Gasteiger partial charge on any atom is 0.143 e. The number of hydrogen-bond acceptors (Lipinski definition) is 3. The summed E-state index contributed by atoms with van der Waals surface area (Å²) in [6, 6.07) is 53.2. The lowest BCUT2D eigenvalue weighted by atomic mass is 9.87. The van der Waals surface area contributed by atoms with Gasteiger partial charge in [0.15, 0.2) is 0 Å².